The van der Waals surface area contributed by atoms with Crippen molar-refractivity contribution in [2.75, 3.05) is 24.9 Å². The van der Waals surface area contributed by atoms with Gasteiger partial charge < -0.3 is 30.1 Å². The van der Waals surface area contributed by atoms with Crippen molar-refractivity contribution >= 4 is 23.2 Å². The van der Waals surface area contributed by atoms with Crippen LogP contribution in [0.5, 0.6) is 6.01 Å². The fraction of sp³-hybridized carbons (Fsp3) is 0.615. The number of ether oxygens (including phenoxy) is 2. The summed E-state index contributed by atoms with van der Waals surface area (Å²) >= 11 is 5.53. The average Bonchev–Trinajstić information content (AvgIpc) is 2.57. The van der Waals surface area contributed by atoms with E-state index in [0.717, 1.165) is 4.57 Å². The van der Waals surface area contributed by atoms with Gasteiger partial charge in [0.25, 0.3) is 5.56 Å². The minimum Gasteiger partial charge on any atom is -0.468 e. The maximum absolute atomic E-state index is 12.3. The number of carbonyl (C=O) groups excluding carboxylic acids is 1. The molecule has 1 saturated heterocycles. The number of nitrogens with zero attached hydrogens (tertiary/aromatic N) is 2. The molecule has 2 rings (SSSR count). The number of anilines is 1. The van der Waals surface area contributed by atoms with Gasteiger partial charge in [-0.05, 0) is 0 Å². The van der Waals surface area contributed by atoms with Crippen LogP contribution < -0.4 is 15.6 Å². The summed E-state index contributed by atoms with van der Waals surface area (Å²) in [6.45, 7) is -0.253. The molecule has 0 saturated carbocycles. The molecule has 2 heterocycles. The predicted molar refractivity (Wildman–Crippen MR) is 82.5 cm³/mol. The number of rotatable bonds is 5. The molecule has 1 fully saturated rings. The second-order valence-electron chi connectivity index (χ2n) is 5.19. The van der Waals surface area contributed by atoms with Crippen molar-refractivity contribution in [3.05, 3.63) is 15.9 Å². The minimum absolute atomic E-state index is 0.0838. The van der Waals surface area contributed by atoms with E-state index in [0.29, 0.717) is 0 Å². The zero-order valence-electron chi connectivity index (χ0n) is 13.0. The zero-order chi connectivity index (χ0) is 18.0. The van der Waals surface area contributed by atoms with Gasteiger partial charge in [-0.15, -0.1) is 11.6 Å². The number of carbonyl (C=O) groups is 1. The van der Waals surface area contributed by atoms with E-state index in [2.05, 4.69) is 10.3 Å². The normalized spacial score (nSPS) is 26.9. The lowest BCUT2D eigenvalue weighted by atomic mass is 10.0. The van der Waals surface area contributed by atoms with Gasteiger partial charge in [0.05, 0.1) is 19.6 Å². The Balaban J connectivity index is 2.43. The lowest BCUT2D eigenvalue weighted by Crippen LogP contribution is -2.55. The van der Waals surface area contributed by atoms with E-state index in [-0.39, 0.29) is 24.0 Å². The molecule has 0 radical (unpaired) electrons. The summed E-state index contributed by atoms with van der Waals surface area (Å²) in [5, 5.41) is 31.7. The van der Waals surface area contributed by atoms with Crippen LogP contribution in [-0.2, 0) is 11.8 Å². The maximum Gasteiger partial charge on any atom is 0.300 e. The number of methoxy groups -OCH3 is 1. The highest BCUT2D eigenvalue weighted by Gasteiger charge is 2.38. The molecule has 10 nitrogen and oxygen atoms in total. The van der Waals surface area contributed by atoms with Crippen LogP contribution in [0.3, 0.4) is 0 Å². The molecule has 1 aliphatic heterocycles. The van der Waals surface area contributed by atoms with Gasteiger partial charge in [-0.1, -0.05) is 0 Å². The van der Waals surface area contributed by atoms with Crippen LogP contribution in [0.2, 0.25) is 0 Å². The highest BCUT2D eigenvalue weighted by molar-refractivity contribution is 6.31. The smallest absolute Gasteiger partial charge is 0.300 e. The van der Waals surface area contributed by atoms with Gasteiger partial charge >= 0.3 is 6.01 Å². The first-order valence-corrected chi connectivity index (χ1v) is 7.51. The number of hydrogen-bond donors (Lipinski definition) is 4. The summed E-state index contributed by atoms with van der Waals surface area (Å²) < 4.78 is 11.2. The van der Waals surface area contributed by atoms with Crippen molar-refractivity contribution in [1.82, 2.24) is 9.55 Å². The van der Waals surface area contributed by atoms with Gasteiger partial charge in [0.15, 0.2) is 12.0 Å². The molecule has 0 aliphatic carbocycles. The highest BCUT2D eigenvalue weighted by Crippen LogP contribution is 2.21. The maximum atomic E-state index is 12.3. The monoisotopic (exact) mass is 363 g/mol. The highest BCUT2D eigenvalue weighted by atomic mass is 35.5. The molecule has 24 heavy (non-hydrogen) atoms. The largest absolute Gasteiger partial charge is 0.468 e. The van der Waals surface area contributed by atoms with Crippen LogP contribution in [0, 0.1) is 0 Å². The average molecular weight is 364 g/mol. The molecule has 134 valence electrons. The Kier molecular flexibility index (Phi) is 5.78. The van der Waals surface area contributed by atoms with Crippen LogP contribution in [0.25, 0.3) is 0 Å². The molecule has 4 atom stereocenters. The Morgan fingerprint density at radius 3 is 2.71 bits per heavy atom. The van der Waals surface area contributed by atoms with Crippen molar-refractivity contribution in [2.45, 2.75) is 24.5 Å². The van der Waals surface area contributed by atoms with Crippen molar-refractivity contribution < 1.29 is 29.6 Å². The predicted octanol–water partition coefficient (Wildman–Crippen LogP) is -1.94. The van der Waals surface area contributed by atoms with Crippen LogP contribution in [0.15, 0.2) is 4.79 Å². The molecule has 11 heteroatoms. The number of ketones is 1. The van der Waals surface area contributed by atoms with Crippen LogP contribution in [0.1, 0.15) is 10.4 Å². The fourth-order valence-corrected chi connectivity index (χ4v) is 2.39. The van der Waals surface area contributed by atoms with Gasteiger partial charge in [0, 0.05) is 7.05 Å². The van der Waals surface area contributed by atoms with Crippen molar-refractivity contribution in [2.24, 2.45) is 7.05 Å². The number of nitrogens with one attached hydrogen (secondary N) is 1. The standard InChI is InChI=1S/C13H18ClN3O7/c1-17-12(22)7(5(18)3-14)10(16-13(17)23-2)15-11-9(21)8(20)6(19)4-24-11/h6,8-9,11,15,19-21H,3-4H2,1-2H3. The van der Waals surface area contributed by atoms with Crippen molar-refractivity contribution in [3.8, 4) is 6.01 Å². The molecule has 0 bridgehead atoms. The van der Waals surface area contributed by atoms with Gasteiger partial charge in [-0.25, -0.2) is 0 Å². The number of aliphatic hydroxyl groups excluding tert-OH is 3. The molecule has 4 unspecified atom stereocenters. The quantitative estimate of drug-likeness (QED) is 0.347. The third-order valence-corrected chi connectivity index (χ3v) is 3.86. The Bertz CT molecular complexity index is 680. The molecule has 1 aromatic heterocycles. The molecule has 0 aromatic carbocycles. The number of aliphatic hydroxyl groups is 3. The molecule has 0 spiro atoms. The van der Waals surface area contributed by atoms with E-state index in [9.17, 15) is 24.9 Å². The van der Waals surface area contributed by atoms with E-state index in [1.807, 2.05) is 0 Å². The molecule has 1 aliphatic rings. The summed E-state index contributed by atoms with van der Waals surface area (Å²) in [6, 6.07) is -0.0838. The number of aromatic nitrogens is 2. The van der Waals surface area contributed by atoms with E-state index >= 15 is 0 Å². The topological polar surface area (TPSA) is 143 Å². The SMILES string of the molecule is COc1nc(NC2OCC(O)C(O)C2O)c(C(=O)CCl)c(=O)n1C. The minimum atomic E-state index is -1.51. The summed E-state index contributed by atoms with van der Waals surface area (Å²) in [6.07, 6.45) is -5.43. The number of alkyl halides is 1. The summed E-state index contributed by atoms with van der Waals surface area (Å²) in [5.74, 6) is -1.33. The van der Waals surface area contributed by atoms with Crippen LogP contribution in [-0.4, -0.2) is 74.8 Å². The second-order valence-corrected chi connectivity index (χ2v) is 5.46. The molecule has 1 aromatic rings. The Labute approximate surface area is 141 Å². The number of Topliss-reactive ketones (excluding diaryl/α,β-unsaturated/α-hetero) is 1. The summed E-state index contributed by atoms with van der Waals surface area (Å²) in [4.78, 5) is 28.3. The lowest BCUT2D eigenvalue weighted by molar-refractivity contribution is -0.178. The summed E-state index contributed by atoms with van der Waals surface area (Å²) in [7, 11) is 2.66. The van der Waals surface area contributed by atoms with E-state index in [1.54, 1.807) is 0 Å². The number of hydrogen-bond acceptors (Lipinski definition) is 9. The van der Waals surface area contributed by atoms with E-state index in [4.69, 9.17) is 21.1 Å². The van der Waals surface area contributed by atoms with Gasteiger partial charge in [0.2, 0.25) is 0 Å². The van der Waals surface area contributed by atoms with E-state index in [1.165, 1.54) is 14.2 Å². The van der Waals surface area contributed by atoms with Gasteiger partial charge in [0.1, 0.15) is 29.7 Å². The third kappa shape index (κ3) is 3.37. The zero-order valence-corrected chi connectivity index (χ0v) is 13.7. The first-order valence-electron chi connectivity index (χ1n) is 6.98. The first kappa shape index (κ1) is 18.6. The molecule has 0 amide bonds. The fourth-order valence-electron chi connectivity index (χ4n) is 2.26. The third-order valence-electron chi connectivity index (χ3n) is 3.61. The van der Waals surface area contributed by atoms with Crippen LogP contribution >= 0.6 is 11.6 Å². The Morgan fingerprint density at radius 2 is 2.12 bits per heavy atom. The van der Waals surface area contributed by atoms with E-state index < -0.39 is 41.8 Å². The summed E-state index contributed by atoms with van der Waals surface area (Å²) in [5.41, 5.74) is -1.02. The Hall–Kier alpha value is -1.72. The van der Waals surface area contributed by atoms with Crippen molar-refractivity contribution in [3.63, 3.8) is 0 Å². The molecule has 4 N–H and O–H groups in total. The number of halogens is 1. The van der Waals surface area contributed by atoms with Gasteiger partial charge in [-0.2, -0.15) is 4.98 Å². The first-order chi connectivity index (χ1) is 11.3. The van der Waals surface area contributed by atoms with Crippen LogP contribution in [0.4, 0.5) is 5.82 Å². The Morgan fingerprint density at radius 1 is 1.46 bits per heavy atom. The second kappa shape index (κ2) is 7.45. The van der Waals surface area contributed by atoms with Gasteiger partial charge in [-0.3, -0.25) is 14.2 Å². The lowest BCUT2D eigenvalue weighted by Gasteiger charge is -2.35. The molecular weight excluding hydrogens is 346 g/mol. The van der Waals surface area contributed by atoms with Crippen molar-refractivity contribution in [1.29, 1.82) is 0 Å². The molecular formula is C13H18ClN3O7.